The predicted molar refractivity (Wildman–Crippen MR) is 135 cm³/mol. The van der Waals surface area contributed by atoms with Gasteiger partial charge < -0.3 is 24.7 Å². The van der Waals surface area contributed by atoms with Crippen LogP contribution in [0.5, 0.6) is 11.5 Å². The second-order valence-electron chi connectivity index (χ2n) is 11.2. The van der Waals surface area contributed by atoms with E-state index in [9.17, 15) is 9.59 Å². The van der Waals surface area contributed by atoms with Crippen LogP contribution in [0.3, 0.4) is 0 Å². The molecule has 35 heavy (non-hydrogen) atoms. The quantitative estimate of drug-likeness (QED) is 0.633. The molecule has 7 nitrogen and oxygen atoms in total. The number of nitrogens with one attached hydrogen (secondary N) is 2. The fraction of sp³-hybridized carbons (Fsp3) is 0.556. The van der Waals surface area contributed by atoms with Crippen molar-refractivity contribution >= 4 is 17.5 Å². The summed E-state index contributed by atoms with van der Waals surface area (Å²) in [7, 11) is 4.29. The summed E-state index contributed by atoms with van der Waals surface area (Å²) < 4.78 is 12.7. The number of aromatic nitrogens is 1. The van der Waals surface area contributed by atoms with E-state index in [0.717, 1.165) is 24.1 Å². The highest BCUT2D eigenvalue weighted by molar-refractivity contribution is 6.33. The molecule has 3 aliphatic rings. The van der Waals surface area contributed by atoms with Crippen LogP contribution >= 0.6 is 11.6 Å². The van der Waals surface area contributed by atoms with Crippen LogP contribution in [-0.2, 0) is 6.54 Å². The minimum atomic E-state index is -0.785. The van der Waals surface area contributed by atoms with Crippen molar-refractivity contribution in [3.63, 3.8) is 0 Å². The average molecular weight is 500 g/mol. The van der Waals surface area contributed by atoms with Gasteiger partial charge in [-0.05, 0) is 83.7 Å². The molecule has 1 aromatic carbocycles. The maximum absolute atomic E-state index is 13.1. The monoisotopic (exact) mass is 499 g/mol. The van der Waals surface area contributed by atoms with Gasteiger partial charge in [-0.25, -0.2) is 0 Å². The molecule has 1 atom stereocenters. The topological polar surface area (TPSA) is 83.7 Å². The number of amides is 1. The van der Waals surface area contributed by atoms with Gasteiger partial charge in [0.05, 0.1) is 5.02 Å². The van der Waals surface area contributed by atoms with Crippen LogP contribution in [0.15, 0.2) is 16.9 Å². The maximum Gasteiger partial charge on any atom is 0.253 e. The minimum Gasteiger partial charge on any atom is -0.448 e. The lowest BCUT2D eigenvalue weighted by molar-refractivity contribution is -0.197. The van der Waals surface area contributed by atoms with Gasteiger partial charge in [0.25, 0.3) is 17.3 Å². The van der Waals surface area contributed by atoms with E-state index in [-0.39, 0.29) is 23.9 Å². The van der Waals surface area contributed by atoms with Gasteiger partial charge in [-0.3, -0.25) is 9.59 Å². The summed E-state index contributed by atoms with van der Waals surface area (Å²) in [5, 5.41) is 3.22. The summed E-state index contributed by atoms with van der Waals surface area (Å²) in [5.41, 5.74) is 3.49. The molecular formula is C27H34ClN3O4. The third-order valence-electron chi connectivity index (χ3n) is 8.38. The molecule has 188 valence electrons. The first-order chi connectivity index (χ1) is 16.4. The molecule has 2 saturated carbocycles. The summed E-state index contributed by atoms with van der Waals surface area (Å²) in [6, 6.07) is 4.19. The Morgan fingerprint density at radius 1 is 1.14 bits per heavy atom. The number of aromatic amines is 1. The SMILES string of the molecule is Cc1cc(C)c(CNC(=O)c2cc(Cl)c3c(c2C)OC(C)(C2CC4(CC(N(C)C)C4)C2)O3)c(=O)[nH]1. The molecular weight excluding hydrogens is 466 g/mol. The molecule has 2 heterocycles. The van der Waals surface area contributed by atoms with Gasteiger partial charge in [0.2, 0.25) is 0 Å². The van der Waals surface area contributed by atoms with Gasteiger partial charge in [0.1, 0.15) is 0 Å². The predicted octanol–water partition coefficient (Wildman–Crippen LogP) is 4.49. The molecule has 1 amide bonds. The Kier molecular flexibility index (Phi) is 5.72. The fourth-order valence-corrected chi connectivity index (χ4v) is 6.34. The first-order valence-corrected chi connectivity index (χ1v) is 12.6. The summed E-state index contributed by atoms with van der Waals surface area (Å²) in [4.78, 5) is 30.5. The lowest BCUT2D eigenvalue weighted by atomic mass is 9.48. The smallest absolute Gasteiger partial charge is 0.253 e. The summed E-state index contributed by atoms with van der Waals surface area (Å²) in [6.07, 6.45) is 4.62. The molecule has 0 bridgehead atoms. The Balaban J connectivity index is 1.29. The molecule has 2 fully saturated rings. The molecule has 2 aromatic rings. The number of benzene rings is 1. The van der Waals surface area contributed by atoms with Gasteiger partial charge >= 0.3 is 0 Å². The summed E-state index contributed by atoms with van der Waals surface area (Å²) in [6.45, 7) is 7.65. The number of fused-ring (bicyclic) bond motifs is 1. The first-order valence-electron chi connectivity index (χ1n) is 12.3. The van der Waals surface area contributed by atoms with Crippen molar-refractivity contribution < 1.29 is 14.3 Å². The number of carbonyl (C=O) groups excluding carboxylic acids is 1. The first kappa shape index (κ1) is 24.2. The molecule has 1 spiro atoms. The van der Waals surface area contributed by atoms with Gasteiger partial charge in [-0.15, -0.1) is 0 Å². The molecule has 0 radical (unpaired) electrons. The Morgan fingerprint density at radius 3 is 2.43 bits per heavy atom. The number of H-pyrrole nitrogens is 1. The van der Waals surface area contributed by atoms with Crippen LogP contribution in [0.1, 0.15) is 65.3 Å². The second-order valence-corrected chi connectivity index (χ2v) is 11.6. The number of carbonyl (C=O) groups is 1. The molecule has 1 unspecified atom stereocenters. The van der Waals surface area contributed by atoms with Crippen LogP contribution < -0.4 is 20.3 Å². The highest BCUT2D eigenvalue weighted by Crippen LogP contribution is 2.64. The van der Waals surface area contributed by atoms with Gasteiger partial charge in [-0.1, -0.05) is 11.6 Å². The Hall–Kier alpha value is -2.51. The van der Waals surface area contributed by atoms with E-state index >= 15 is 0 Å². The van der Waals surface area contributed by atoms with E-state index in [1.165, 1.54) is 12.8 Å². The van der Waals surface area contributed by atoms with Gasteiger partial charge in [-0.2, -0.15) is 0 Å². The number of pyridine rings is 1. The highest BCUT2D eigenvalue weighted by atomic mass is 35.5. The lowest BCUT2D eigenvalue weighted by Crippen LogP contribution is -2.60. The van der Waals surface area contributed by atoms with Crippen molar-refractivity contribution in [1.82, 2.24) is 15.2 Å². The number of aryl methyl sites for hydroxylation is 2. The molecule has 1 aromatic heterocycles. The van der Waals surface area contributed by atoms with E-state index in [4.69, 9.17) is 21.1 Å². The molecule has 8 heteroatoms. The van der Waals surface area contributed by atoms with Crippen LogP contribution in [-0.4, -0.2) is 41.7 Å². The zero-order valence-electron chi connectivity index (χ0n) is 21.3. The number of nitrogens with zero attached hydrogens (tertiary/aromatic N) is 1. The summed E-state index contributed by atoms with van der Waals surface area (Å²) >= 11 is 6.57. The van der Waals surface area contributed by atoms with Crippen molar-refractivity contribution in [1.29, 1.82) is 0 Å². The van der Waals surface area contributed by atoms with Gasteiger partial charge in [0.15, 0.2) is 11.5 Å². The minimum absolute atomic E-state index is 0.127. The fourth-order valence-electron chi connectivity index (χ4n) is 6.11. The van der Waals surface area contributed by atoms with Gasteiger partial charge in [0, 0.05) is 47.8 Å². The van der Waals surface area contributed by atoms with Crippen molar-refractivity contribution in [2.75, 3.05) is 14.1 Å². The van der Waals surface area contributed by atoms with Crippen molar-refractivity contribution in [2.24, 2.45) is 11.3 Å². The van der Waals surface area contributed by atoms with E-state index in [1.54, 1.807) is 6.07 Å². The Labute approximate surface area is 211 Å². The van der Waals surface area contributed by atoms with Crippen LogP contribution in [0.4, 0.5) is 0 Å². The zero-order chi connectivity index (χ0) is 25.3. The molecule has 2 N–H and O–H groups in total. The lowest BCUT2D eigenvalue weighted by Gasteiger charge is -2.61. The van der Waals surface area contributed by atoms with E-state index in [0.29, 0.717) is 44.7 Å². The number of rotatable bonds is 5. The van der Waals surface area contributed by atoms with Crippen molar-refractivity contribution in [2.45, 2.75) is 71.8 Å². The largest absolute Gasteiger partial charge is 0.448 e. The number of hydrogen-bond donors (Lipinski definition) is 2. The van der Waals surface area contributed by atoms with E-state index in [2.05, 4.69) is 29.3 Å². The molecule has 5 rings (SSSR count). The standard InChI is InChI=1S/C27H34ClN3O4/c1-14-7-15(2)30-25(33)20(14)13-29-24(32)19-8-21(28)23-22(16(19)3)34-26(4,35-23)17-9-27(10-17)11-18(12-27)31(5)6/h7-8,17-18H,9-13H2,1-6H3,(H,29,32)(H,30,33). The number of halogens is 1. The third-order valence-corrected chi connectivity index (χ3v) is 8.66. The molecule has 1 aliphatic heterocycles. The number of ether oxygens (including phenoxy) is 2. The van der Waals surface area contributed by atoms with Crippen molar-refractivity contribution in [3.8, 4) is 11.5 Å². The maximum atomic E-state index is 13.1. The van der Waals surface area contributed by atoms with E-state index in [1.807, 2.05) is 33.8 Å². The Morgan fingerprint density at radius 2 is 1.80 bits per heavy atom. The third kappa shape index (κ3) is 4.02. The second kappa shape index (κ2) is 8.27. The molecule has 0 saturated heterocycles. The van der Waals surface area contributed by atoms with Crippen molar-refractivity contribution in [3.05, 3.63) is 55.5 Å². The van der Waals surface area contributed by atoms with Crippen LogP contribution in [0.25, 0.3) is 0 Å². The zero-order valence-corrected chi connectivity index (χ0v) is 22.1. The highest BCUT2D eigenvalue weighted by Gasteiger charge is 2.61. The summed E-state index contributed by atoms with van der Waals surface area (Å²) in [5.74, 6) is 0.231. The van der Waals surface area contributed by atoms with Crippen LogP contribution in [0.2, 0.25) is 5.02 Å². The van der Waals surface area contributed by atoms with E-state index < -0.39 is 5.79 Å². The normalized spacial score (nSPS) is 28.7. The molecule has 2 aliphatic carbocycles. The number of hydrogen-bond acceptors (Lipinski definition) is 5. The Bertz CT molecular complexity index is 1260. The van der Waals surface area contributed by atoms with Crippen LogP contribution in [0, 0.1) is 32.1 Å². The average Bonchev–Trinajstić information content (AvgIpc) is 3.06.